The molecule has 98 valence electrons. The molecule has 1 fully saturated rings. The molecule has 0 spiro atoms. The Bertz CT molecular complexity index is 455. The van der Waals surface area contributed by atoms with Gasteiger partial charge in [-0.05, 0) is 49.3 Å². The molecule has 0 saturated heterocycles. The third-order valence-corrected chi connectivity index (χ3v) is 4.51. The Morgan fingerprint density at radius 3 is 2.78 bits per heavy atom. The monoisotopic (exact) mass is 311 g/mol. The van der Waals surface area contributed by atoms with Crippen LogP contribution in [0.3, 0.4) is 0 Å². The molecule has 0 bridgehead atoms. The van der Waals surface area contributed by atoms with Crippen molar-refractivity contribution in [1.82, 2.24) is 5.32 Å². The van der Waals surface area contributed by atoms with Gasteiger partial charge in [0.2, 0.25) is 0 Å². The second-order valence-electron chi connectivity index (χ2n) is 5.12. The minimum atomic E-state index is -0.0417. The van der Waals surface area contributed by atoms with Crippen LogP contribution in [0.15, 0.2) is 22.7 Å². The lowest BCUT2D eigenvalue weighted by atomic mass is 10.0. The van der Waals surface area contributed by atoms with Gasteiger partial charge in [-0.1, -0.05) is 22.0 Å². The Balaban J connectivity index is 1.93. The van der Waals surface area contributed by atoms with Crippen molar-refractivity contribution < 1.29 is 9.90 Å². The lowest BCUT2D eigenvalue weighted by molar-refractivity contribution is 0.0940. The van der Waals surface area contributed by atoms with Gasteiger partial charge in [0.1, 0.15) is 0 Å². The zero-order valence-electron chi connectivity index (χ0n) is 10.5. The number of hydrogen-bond acceptors (Lipinski definition) is 2. The van der Waals surface area contributed by atoms with Crippen LogP contribution in [0.5, 0.6) is 0 Å². The quantitative estimate of drug-likeness (QED) is 0.878. The normalized spacial score (nSPS) is 16.4. The van der Waals surface area contributed by atoms with Gasteiger partial charge in [0.05, 0.1) is 0 Å². The van der Waals surface area contributed by atoms with Gasteiger partial charge in [-0.3, -0.25) is 4.79 Å². The summed E-state index contributed by atoms with van der Waals surface area (Å²) in [6.07, 6.45) is 2.99. The van der Waals surface area contributed by atoms with E-state index in [0.29, 0.717) is 12.1 Å². The van der Waals surface area contributed by atoms with Crippen molar-refractivity contribution in [3.05, 3.63) is 33.8 Å². The van der Waals surface area contributed by atoms with E-state index in [1.165, 1.54) is 0 Å². The van der Waals surface area contributed by atoms with Crippen LogP contribution < -0.4 is 5.32 Å². The standard InChI is InChI=1S/C14H18BrNO2/c1-10-2-3-11(8-12(10)15)13(18)16-9-14(4-5-14)6-7-17/h2-3,8,17H,4-7,9H2,1H3,(H,16,18). The summed E-state index contributed by atoms with van der Waals surface area (Å²) in [7, 11) is 0. The molecule has 0 unspecified atom stereocenters. The summed E-state index contributed by atoms with van der Waals surface area (Å²) in [5.41, 5.74) is 1.95. The minimum absolute atomic E-state index is 0.0417. The SMILES string of the molecule is Cc1ccc(C(=O)NCC2(CCO)CC2)cc1Br. The van der Waals surface area contributed by atoms with Crippen LogP contribution in [-0.4, -0.2) is 24.2 Å². The van der Waals surface area contributed by atoms with Crippen LogP contribution in [0.4, 0.5) is 0 Å². The van der Waals surface area contributed by atoms with Gasteiger partial charge in [-0.2, -0.15) is 0 Å². The van der Waals surface area contributed by atoms with E-state index in [2.05, 4.69) is 21.2 Å². The molecule has 4 heteroatoms. The molecule has 1 aliphatic rings. The van der Waals surface area contributed by atoms with Crippen LogP contribution in [0, 0.1) is 12.3 Å². The predicted molar refractivity (Wildman–Crippen MR) is 74.6 cm³/mol. The highest BCUT2D eigenvalue weighted by atomic mass is 79.9. The number of aliphatic hydroxyl groups excluding tert-OH is 1. The molecule has 1 amide bonds. The van der Waals surface area contributed by atoms with Gasteiger partial charge in [-0.15, -0.1) is 0 Å². The summed E-state index contributed by atoms with van der Waals surface area (Å²) in [5.74, 6) is -0.0417. The van der Waals surface area contributed by atoms with E-state index in [0.717, 1.165) is 29.3 Å². The summed E-state index contributed by atoms with van der Waals surface area (Å²) in [6.45, 7) is 2.86. The molecule has 0 atom stereocenters. The molecule has 1 aromatic carbocycles. The molecule has 0 radical (unpaired) electrons. The summed E-state index contributed by atoms with van der Waals surface area (Å²) in [6, 6.07) is 5.61. The Morgan fingerprint density at radius 1 is 1.50 bits per heavy atom. The number of amides is 1. The van der Waals surface area contributed by atoms with E-state index in [1.807, 2.05) is 25.1 Å². The van der Waals surface area contributed by atoms with Crippen LogP contribution in [0.2, 0.25) is 0 Å². The van der Waals surface area contributed by atoms with E-state index in [1.54, 1.807) is 0 Å². The van der Waals surface area contributed by atoms with Crippen molar-refractivity contribution in [3.63, 3.8) is 0 Å². The molecule has 2 rings (SSSR count). The Morgan fingerprint density at radius 2 is 2.22 bits per heavy atom. The first-order valence-corrected chi connectivity index (χ1v) is 7.01. The van der Waals surface area contributed by atoms with Crippen LogP contribution in [0.25, 0.3) is 0 Å². The number of halogens is 1. The number of benzene rings is 1. The van der Waals surface area contributed by atoms with Gasteiger partial charge >= 0.3 is 0 Å². The molecule has 1 aliphatic carbocycles. The molecule has 3 nitrogen and oxygen atoms in total. The lowest BCUT2D eigenvalue weighted by Gasteiger charge is -2.14. The van der Waals surface area contributed by atoms with Crippen molar-refractivity contribution >= 4 is 21.8 Å². The first-order valence-electron chi connectivity index (χ1n) is 6.22. The second-order valence-corrected chi connectivity index (χ2v) is 5.97. The van der Waals surface area contributed by atoms with Gasteiger partial charge in [-0.25, -0.2) is 0 Å². The minimum Gasteiger partial charge on any atom is -0.396 e. The summed E-state index contributed by atoms with van der Waals surface area (Å²) in [5, 5.41) is 11.9. The maximum atomic E-state index is 12.0. The summed E-state index contributed by atoms with van der Waals surface area (Å²) < 4.78 is 0.951. The zero-order valence-corrected chi connectivity index (χ0v) is 12.1. The number of carbonyl (C=O) groups excluding carboxylic acids is 1. The number of aliphatic hydroxyl groups is 1. The molecular weight excluding hydrogens is 294 g/mol. The number of rotatable bonds is 5. The second kappa shape index (κ2) is 5.41. The largest absolute Gasteiger partial charge is 0.396 e. The lowest BCUT2D eigenvalue weighted by Crippen LogP contribution is -2.30. The molecule has 2 N–H and O–H groups in total. The smallest absolute Gasteiger partial charge is 0.251 e. The Kier molecular flexibility index (Phi) is 4.07. The van der Waals surface area contributed by atoms with Crippen LogP contribution in [0.1, 0.15) is 35.2 Å². The summed E-state index contributed by atoms with van der Waals surface area (Å²) >= 11 is 3.43. The van der Waals surface area contributed by atoms with Gasteiger partial charge in [0.15, 0.2) is 0 Å². The van der Waals surface area contributed by atoms with Crippen LogP contribution in [-0.2, 0) is 0 Å². The number of aryl methyl sites for hydroxylation is 1. The Labute approximate surface area is 116 Å². The van der Waals surface area contributed by atoms with E-state index < -0.39 is 0 Å². The molecular formula is C14H18BrNO2. The topological polar surface area (TPSA) is 49.3 Å². The molecule has 18 heavy (non-hydrogen) atoms. The van der Waals surface area contributed by atoms with Crippen molar-refractivity contribution in [2.45, 2.75) is 26.2 Å². The fourth-order valence-corrected chi connectivity index (χ4v) is 2.41. The fourth-order valence-electron chi connectivity index (χ4n) is 2.03. The zero-order chi connectivity index (χ0) is 13.2. The average Bonchev–Trinajstić information content (AvgIpc) is 3.11. The van der Waals surface area contributed by atoms with Gasteiger partial charge in [0, 0.05) is 23.2 Å². The van der Waals surface area contributed by atoms with Crippen molar-refractivity contribution in [3.8, 4) is 0 Å². The van der Waals surface area contributed by atoms with E-state index in [9.17, 15) is 4.79 Å². The van der Waals surface area contributed by atoms with Gasteiger partial charge in [0.25, 0.3) is 5.91 Å². The highest BCUT2D eigenvalue weighted by molar-refractivity contribution is 9.10. The van der Waals surface area contributed by atoms with Crippen molar-refractivity contribution in [2.24, 2.45) is 5.41 Å². The molecule has 1 aromatic rings. The van der Waals surface area contributed by atoms with Crippen molar-refractivity contribution in [1.29, 1.82) is 0 Å². The Hall–Kier alpha value is -0.870. The number of hydrogen-bond donors (Lipinski definition) is 2. The number of nitrogens with one attached hydrogen (secondary N) is 1. The van der Waals surface area contributed by atoms with E-state index in [-0.39, 0.29) is 17.9 Å². The van der Waals surface area contributed by atoms with Crippen LogP contribution >= 0.6 is 15.9 Å². The van der Waals surface area contributed by atoms with E-state index in [4.69, 9.17) is 5.11 Å². The maximum absolute atomic E-state index is 12.0. The molecule has 0 aliphatic heterocycles. The summed E-state index contributed by atoms with van der Waals surface area (Å²) in [4.78, 5) is 12.0. The van der Waals surface area contributed by atoms with Gasteiger partial charge < -0.3 is 10.4 Å². The number of carbonyl (C=O) groups is 1. The van der Waals surface area contributed by atoms with Crippen molar-refractivity contribution in [2.75, 3.05) is 13.2 Å². The fraction of sp³-hybridized carbons (Fsp3) is 0.500. The maximum Gasteiger partial charge on any atom is 0.251 e. The van der Waals surface area contributed by atoms with E-state index >= 15 is 0 Å². The highest BCUT2D eigenvalue weighted by Crippen LogP contribution is 2.47. The average molecular weight is 312 g/mol. The molecule has 0 aromatic heterocycles. The molecule has 0 heterocycles. The third kappa shape index (κ3) is 3.12. The third-order valence-electron chi connectivity index (χ3n) is 3.66. The first-order chi connectivity index (χ1) is 8.56. The predicted octanol–water partition coefficient (Wildman–Crippen LogP) is 2.65. The first kappa shape index (κ1) is 13.6. The molecule has 1 saturated carbocycles. The highest BCUT2D eigenvalue weighted by Gasteiger charge is 2.41.